The van der Waals surface area contributed by atoms with Crippen molar-refractivity contribution in [2.75, 3.05) is 50.4 Å². The van der Waals surface area contributed by atoms with Crippen molar-refractivity contribution in [1.29, 1.82) is 0 Å². The predicted molar refractivity (Wildman–Crippen MR) is 153 cm³/mol. The van der Waals surface area contributed by atoms with E-state index in [0.717, 1.165) is 55.7 Å². The summed E-state index contributed by atoms with van der Waals surface area (Å²) in [4.78, 5) is 38.4. The summed E-state index contributed by atoms with van der Waals surface area (Å²) in [6.45, 7) is 3.66. The number of rotatable bonds is 7. The highest BCUT2D eigenvalue weighted by molar-refractivity contribution is 7.99. The number of aromatic nitrogens is 4. The molecule has 0 bridgehead atoms. The van der Waals surface area contributed by atoms with Crippen LogP contribution < -0.4 is 10.2 Å². The minimum absolute atomic E-state index is 0.315. The molecule has 2 saturated heterocycles. The number of para-hydroxylation sites is 1. The fourth-order valence-electron chi connectivity index (χ4n) is 5.25. The number of piperazine rings is 1. The molecule has 40 heavy (non-hydrogen) atoms. The molecular weight excluding hydrogens is 552 g/mol. The number of thioether (sulfide) groups is 1. The van der Waals surface area contributed by atoms with Crippen LogP contribution in [0.25, 0.3) is 5.69 Å². The first-order valence-electron chi connectivity index (χ1n) is 13.1. The molecule has 2 unspecified atom stereocenters. The molecule has 4 heterocycles. The van der Waals surface area contributed by atoms with Crippen LogP contribution in [0.2, 0.25) is 5.02 Å². The molecule has 2 aromatic carbocycles. The number of urea groups is 1. The molecule has 3 amide bonds. The number of benzene rings is 2. The van der Waals surface area contributed by atoms with E-state index in [1.54, 1.807) is 23.5 Å². The molecule has 0 aliphatic carbocycles. The lowest BCUT2D eigenvalue weighted by molar-refractivity contribution is -0.127. The predicted octanol–water partition coefficient (Wildman–Crippen LogP) is 2.17. The highest BCUT2D eigenvalue weighted by Crippen LogP contribution is 2.28. The van der Waals surface area contributed by atoms with Gasteiger partial charge in [-0.3, -0.25) is 10.1 Å². The van der Waals surface area contributed by atoms with Crippen molar-refractivity contribution in [3.8, 4) is 5.69 Å². The van der Waals surface area contributed by atoms with Gasteiger partial charge < -0.3 is 19.6 Å². The lowest BCUT2D eigenvalue weighted by atomic mass is 10.1. The third kappa shape index (κ3) is 5.18. The van der Waals surface area contributed by atoms with E-state index in [2.05, 4.69) is 41.6 Å². The average molecular weight is 581 g/mol. The van der Waals surface area contributed by atoms with Gasteiger partial charge in [-0.1, -0.05) is 47.6 Å². The summed E-state index contributed by atoms with van der Waals surface area (Å²) >= 11 is 7.77. The van der Waals surface area contributed by atoms with E-state index in [0.29, 0.717) is 16.7 Å². The molecule has 0 saturated carbocycles. The summed E-state index contributed by atoms with van der Waals surface area (Å²) in [6, 6.07) is 16.6. The van der Waals surface area contributed by atoms with Crippen LogP contribution in [0.4, 0.5) is 10.5 Å². The molecule has 3 aromatic rings. The largest absolute Gasteiger partial charge is 0.368 e. The molecule has 0 radical (unpaired) electrons. The molecule has 1 aromatic heterocycles. The number of fused-ring (bicyclic) bond motifs is 1. The topological polar surface area (TPSA) is 115 Å². The van der Waals surface area contributed by atoms with Gasteiger partial charge in [0.05, 0.1) is 5.69 Å². The zero-order chi connectivity index (χ0) is 27.6. The van der Waals surface area contributed by atoms with E-state index < -0.39 is 18.2 Å². The van der Waals surface area contributed by atoms with E-state index in [-0.39, 0.29) is 5.91 Å². The van der Waals surface area contributed by atoms with Crippen LogP contribution in [-0.2, 0) is 4.79 Å². The Labute approximate surface area is 240 Å². The van der Waals surface area contributed by atoms with Gasteiger partial charge in [-0.05, 0) is 47.2 Å². The number of likely N-dealkylation sites (N-methyl/N-ethyl adjacent to an activating group) is 1. The van der Waals surface area contributed by atoms with E-state index in [4.69, 9.17) is 16.6 Å². The minimum atomic E-state index is -0.566. The van der Waals surface area contributed by atoms with Crippen LogP contribution in [0.3, 0.4) is 0 Å². The smallest absolute Gasteiger partial charge is 0.325 e. The Kier molecular flexibility index (Phi) is 7.48. The Morgan fingerprint density at radius 1 is 1.00 bits per heavy atom. The maximum atomic E-state index is 13.0. The number of nitrogens with one attached hydrogen (secondary N) is 1. The normalized spacial score (nSPS) is 21.0. The fourth-order valence-corrected chi connectivity index (χ4v) is 6.25. The Morgan fingerprint density at radius 2 is 1.75 bits per heavy atom. The van der Waals surface area contributed by atoms with E-state index in [9.17, 15) is 9.59 Å². The van der Waals surface area contributed by atoms with Gasteiger partial charge in [0.2, 0.25) is 5.16 Å². The van der Waals surface area contributed by atoms with Crippen LogP contribution in [0.5, 0.6) is 0 Å². The van der Waals surface area contributed by atoms with E-state index >= 15 is 0 Å². The second-order valence-corrected chi connectivity index (χ2v) is 11.2. The van der Waals surface area contributed by atoms with Gasteiger partial charge in [-0.15, -0.1) is 5.10 Å². The Bertz CT molecular complexity index is 1410. The number of guanidine groups is 1. The van der Waals surface area contributed by atoms with Crippen molar-refractivity contribution < 1.29 is 9.59 Å². The van der Waals surface area contributed by atoms with Crippen molar-refractivity contribution in [3.63, 3.8) is 0 Å². The first-order valence-corrected chi connectivity index (χ1v) is 14.5. The highest BCUT2D eigenvalue weighted by Gasteiger charge is 2.49. The molecule has 2 fully saturated rings. The number of imide groups is 1. The molecule has 208 valence electrons. The summed E-state index contributed by atoms with van der Waals surface area (Å²) in [6.07, 6.45) is 0.211. The SMILES string of the molecule is CN1C(=O)NC(=O)C2C1N=C(N1CCN(c3cccc(Cl)c3)CC1)N2CCCSc1nnnn1-c1ccccc1. The maximum absolute atomic E-state index is 13.0. The van der Waals surface area contributed by atoms with Crippen molar-refractivity contribution >= 4 is 46.9 Å². The van der Waals surface area contributed by atoms with Crippen LogP contribution in [0.1, 0.15) is 6.42 Å². The molecule has 6 rings (SSSR count). The second kappa shape index (κ2) is 11.3. The lowest BCUT2D eigenvalue weighted by Gasteiger charge is -2.41. The first-order chi connectivity index (χ1) is 19.5. The number of anilines is 1. The maximum Gasteiger partial charge on any atom is 0.325 e. The van der Waals surface area contributed by atoms with Crippen LogP contribution in [-0.4, -0.2) is 111 Å². The standard InChI is InChI=1S/C26H29ClN10O2S/c1-33-22-21(23(38)29-25(33)39)36(11-6-16-40-26-30-31-32-37(26)19-8-3-2-4-9-19)24(28-22)35-14-12-34(13-15-35)20-10-5-7-18(27)17-20/h2-5,7-10,17,21-22H,6,11-16H2,1H3,(H,29,38,39). The van der Waals surface area contributed by atoms with Crippen molar-refractivity contribution in [3.05, 3.63) is 59.6 Å². The Balaban J connectivity index is 1.14. The van der Waals surface area contributed by atoms with Crippen molar-refractivity contribution in [2.24, 2.45) is 4.99 Å². The molecule has 12 nitrogen and oxygen atoms in total. The fraction of sp³-hybridized carbons (Fsp3) is 0.385. The number of halogens is 1. The molecular formula is C26H29ClN10O2S. The summed E-state index contributed by atoms with van der Waals surface area (Å²) < 4.78 is 1.72. The number of hydrogen-bond acceptors (Lipinski definition) is 10. The van der Waals surface area contributed by atoms with Crippen molar-refractivity contribution in [2.45, 2.75) is 23.8 Å². The van der Waals surface area contributed by atoms with E-state index in [1.807, 2.05) is 48.5 Å². The van der Waals surface area contributed by atoms with Crippen LogP contribution in [0, 0.1) is 0 Å². The molecule has 3 aliphatic heterocycles. The average Bonchev–Trinajstić information content (AvgIpc) is 3.60. The quantitative estimate of drug-likeness (QED) is 0.331. The second-order valence-electron chi connectivity index (χ2n) is 9.75. The van der Waals surface area contributed by atoms with Gasteiger partial charge >= 0.3 is 6.03 Å². The number of carbonyl (C=O) groups excluding carboxylic acids is 2. The number of amides is 3. The molecule has 2 atom stereocenters. The lowest BCUT2D eigenvalue weighted by Crippen LogP contribution is -2.64. The summed E-state index contributed by atoms with van der Waals surface area (Å²) in [7, 11) is 1.68. The van der Waals surface area contributed by atoms with Gasteiger partial charge in [-0.2, -0.15) is 4.68 Å². The van der Waals surface area contributed by atoms with Crippen LogP contribution in [0.15, 0.2) is 64.7 Å². The third-order valence-electron chi connectivity index (χ3n) is 7.29. The van der Waals surface area contributed by atoms with Gasteiger partial charge in [0, 0.05) is 56.2 Å². The molecule has 0 spiro atoms. The number of nitrogens with zero attached hydrogens (tertiary/aromatic N) is 9. The number of carbonyl (C=O) groups is 2. The Morgan fingerprint density at radius 3 is 2.52 bits per heavy atom. The first kappa shape index (κ1) is 26.4. The van der Waals surface area contributed by atoms with Gasteiger partial charge in [0.1, 0.15) is 0 Å². The third-order valence-corrected chi connectivity index (χ3v) is 8.53. The summed E-state index contributed by atoms with van der Waals surface area (Å²) in [5.74, 6) is 1.19. The number of tetrazole rings is 1. The number of aliphatic imine (C=N–C) groups is 1. The zero-order valence-corrected chi connectivity index (χ0v) is 23.5. The van der Waals surface area contributed by atoms with Gasteiger partial charge in [0.15, 0.2) is 18.2 Å². The monoisotopic (exact) mass is 580 g/mol. The Hall–Kier alpha value is -3.84. The van der Waals surface area contributed by atoms with Gasteiger partial charge in [0.25, 0.3) is 5.91 Å². The zero-order valence-electron chi connectivity index (χ0n) is 21.9. The molecule has 3 aliphatic rings. The summed E-state index contributed by atoms with van der Waals surface area (Å²) in [5, 5.41) is 16.1. The van der Waals surface area contributed by atoms with Crippen LogP contribution >= 0.6 is 23.4 Å². The van der Waals surface area contributed by atoms with Crippen molar-refractivity contribution in [1.82, 2.24) is 40.2 Å². The van der Waals surface area contributed by atoms with Gasteiger partial charge in [-0.25, -0.2) is 9.79 Å². The highest BCUT2D eigenvalue weighted by atomic mass is 35.5. The number of hydrogen-bond donors (Lipinski definition) is 1. The summed E-state index contributed by atoms with van der Waals surface area (Å²) in [5.41, 5.74) is 1.99. The van der Waals surface area contributed by atoms with E-state index in [1.165, 1.54) is 4.90 Å². The minimum Gasteiger partial charge on any atom is -0.368 e. The molecule has 14 heteroatoms. The molecule has 1 N–H and O–H groups in total.